The summed E-state index contributed by atoms with van der Waals surface area (Å²) in [7, 11) is 3.92. The lowest BCUT2D eigenvalue weighted by Gasteiger charge is -2.13. The molecular formula is C16H20N2O2S. The third kappa shape index (κ3) is 4.31. The first kappa shape index (κ1) is 15.5. The van der Waals surface area contributed by atoms with Crippen LogP contribution in [0.25, 0.3) is 0 Å². The number of hydrogen-bond acceptors (Lipinski definition) is 4. The van der Waals surface area contributed by atoms with Gasteiger partial charge in [-0.25, -0.2) is 0 Å². The SMILES string of the molecule is CN(C)c1ccc(C(=O)NCC[C@@H](O)c2cccs2)cc1. The van der Waals surface area contributed by atoms with Crippen LogP contribution in [-0.4, -0.2) is 31.7 Å². The fourth-order valence-electron chi connectivity index (χ4n) is 1.96. The highest BCUT2D eigenvalue weighted by atomic mass is 32.1. The molecule has 0 saturated heterocycles. The van der Waals surface area contributed by atoms with Gasteiger partial charge in [-0.2, -0.15) is 0 Å². The summed E-state index contributed by atoms with van der Waals surface area (Å²) in [5.41, 5.74) is 1.69. The normalized spacial score (nSPS) is 12.0. The third-order valence-electron chi connectivity index (χ3n) is 3.22. The lowest BCUT2D eigenvalue weighted by Crippen LogP contribution is -2.25. The van der Waals surface area contributed by atoms with E-state index in [1.807, 2.05) is 48.6 Å². The van der Waals surface area contributed by atoms with Crippen molar-refractivity contribution in [2.75, 3.05) is 25.5 Å². The minimum absolute atomic E-state index is 0.112. The van der Waals surface area contributed by atoms with E-state index in [4.69, 9.17) is 0 Å². The summed E-state index contributed by atoms with van der Waals surface area (Å²) in [5, 5.41) is 14.7. The second-order valence-corrected chi connectivity index (χ2v) is 6.00. The van der Waals surface area contributed by atoms with E-state index in [0.717, 1.165) is 10.6 Å². The number of benzene rings is 1. The van der Waals surface area contributed by atoms with Crippen LogP contribution in [-0.2, 0) is 0 Å². The van der Waals surface area contributed by atoms with Gasteiger partial charge in [0, 0.05) is 36.8 Å². The minimum Gasteiger partial charge on any atom is -0.388 e. The Bertz CT molecular complexity index is 564. The van der Waals surface area contributed by atoms with Crippen molar-refractivity contribution in [1.82, 2.24) is 5.32 Å². The Labute approximate surface area is 129 Å². The number of aliphatic hydroxyl groups excluding tert-OH is 1. The Balaban J connectivity index is 1.81. The van der Waals surface area contributed by atoms with Gasteiger partial charge in [-0.05, 0) is 42.1 Å². The Hall–Kier alpha value is -1.85. The molecule has 0 radical (unpaired) electrons. The Morgan fingerprint density at radius 1 is 1.29 bits per heavy atom. The smallest absolute Gasteiger partial charge is 0.251 e. The number of amides is 1. The van der Waals surface area contributed by atoms with Crippen LogP contribution in [0.2, 0.25) is 0 Å². The van der Waals surface area contributed by atoms with E-state index in [2.05, 4.69) is 5.32 Å². The molecule has 0 aliphatic rings. The van der Waals surface area contributed by atoms with E-state index in [-0.39, 0.29) is 5.91 Å². The first-order chi connectivity index (χ1) is 10.1. The van der Waals surface area contributed by atoms with Crippen LogP contribution in [0, 0.1) is 0 Å². The fraction of sp³-hybridized carbons (Fsp3) is 0.312. The summed E-state index contributed by atoms with van der Waals surface area (Å²) in [6.45, 7) is 0.452. The largest absolute Gasteiger partial charge is 0.388 e. The maximum Gasteiger partial charge on any atom is 0.251 e. The van der Waals surface area contributed by atoms with Crippen molar-refractivity contribution in [2.24, 2.45) is 0 Å². The summed E-state index contributed by atoms with van der Waals surface area (Å²) >= 11 is 1.52. The lowest BCUT2D eigenvalue weighted by atomic mass is 10.1. The van der Waals surface area contributed by atoms with E-state index >= 15 is 0 Å². The minimum atomic E-state index is -0.513. The van der Waals surface area contributed by atoms with Crippen molar-refractivity contribution in [3.8, 4) is 0 Å². The average molecular weight is 304 g/mol. The van der Waals surface area contributed by atoms with E-state index in [1.165, 1.54) is 11.3 Å². The van der Waals surface area contributed by atoms with Gasteiger partial charge in [-0.3, -0.25) is 4.79 Å². The van der Waals surface area contributed by atoms with Gasteiger partial charge in [0.1, 0.15) is 0 Å². The van der Waals surface area contributed by atoms with Crippen molar-refractivity contribution in [3.63, 3.8) is 0 Å². The second kappa shape index (κ2) is 7.24. The molecule has 112 valence electrons. The molecule has 0 fully saturated rings. The predicted molar refractivity (Wildman–Crippen MR) is 87.0 cm³/mol. The van der Waals surface area contributed by atoms with Crippen LogP contribution in [0.1, 0.15) is 27.8 Å². The monoisotopic (exact) mass is 304 g/mol. The third-order valence-corrected chi connectivity index (χ3v) is 4.19. The number of rotatable bonds is 6. The van der Waals surface area contributed by atoms with Gasteiger partial charge in [0.2, 0.25) is 0 Å². The average Bonchev–Trinajstić information content (AvgIpc) is 3.01. The molecule has 1 amide bonds. The van der Waals surface area contributed by atoms with Gasteiger partial charge in [-0.15, -0.1) is 11.3 Å². The van der Waals surface area contributed by atoms with E-state index in [0.29, 0.717) is 18.5 Å². The zero-order valence-corrected chi connectivity index (χ0v) is 13.1. The van der Waals surface area contributed by atoms with Crippen molar-refractivity contribution in [2.45, 2.75) is 12.5 Å². The predicted octanol–water partition coefficient (Wildman–Crippen LogP) is 2.67. The molecule has 2 rings (SSSR count). The molecule has 4 nitrogen and oxygen atoms in total. The van der Waals surface area contributed by atoms with Gasteiger partial charge < -0.3 is 15.3 Å². The number of thiophene rings is 1. The highest BCUT2D eigenvalue weighted by Crippen LogP contribution is 2.21. The quantitative estimate of drug-likeness (QED) is 0.862. The molecule has 2 aromatic rings. The summed E-state index contributed by atoms with van der Waals surface area (Å²) in [6, 6.07) is 11.2. The molecule has 2 N–H and O–H groups in total. The topological polar surface area (TPSA) is 52.6 Å². The fourth-order valence-corrected chi connectivity index (χ4v) is 2.70. The van der Waals surface area contributed by atoms with E-state index in [9.17, 15) is 9.90 Å². The summed E-state index contributed by atoms with van der Waals surface area (Å²) in [5.74, 6) is -0.112. The first-order valence-electron chi connectivity index (χ1n) is 6.85. The number of aliphatic hydroxyl groups is 1. The number of nitrogens with one attached hydrogen (secondary N) is 1. The number of anilines is 1. The number of hydrogen-bond donors (Lipinski definition) is 2. The molecule has 21 heavy (non-hydrogen) atoms. The van der Waals surface area contributed by atoms with Crippen molar-refractivity contribution in [3.05, 3.63) is 52.2 Å². The lowest BCUT2D eigenvalue weighted by molar-refractivity contribution is 0.0943. The van der Waals surface area contributed by atoms with Gasteiger partial charge in [-0.1, -0.05) is 6.07 Å². The molecular weight excluding hydrogens is 284 g/mol. The summed E-state index contributed by atoms with van der Waals surface area (Å²) < 4.78 is 0. The van der Waals surface area contributed by atoms with E-state index < -0.39 is 6.10 Å². The Kier molecular flexibility index (Phi) is 5.36. The molecule has 0 aliphatic carbocycles. The zero-order valence-electron chi connectivity index (χ0n) is 12.2. The maximum absolute atomic E-state index is 12.0. The molecule has 1 aromatic heterocycles. The van der Waals surface area contributed by atoms with E-state index in [1.54, 1.807) is 12.1 Å². The van der Waals surface area contributed by atoms with Crippen LogP contribution >= 0.6 is 11.3 Å². The van der Waals surface area contributed by atoms with Crippen LogP contribution in [0.15, 0.2) is 41.8 Å². The number of carbonyl (C=O) groups is 1. The Morgan fingerprint density at radius 2 is 2.00 bits per heavy atom. The highest BCUT2D eigenvalue weighted by molar-refractivity contribution is 7.10. The molecule has 0 saturated carbocycles. The molecule has 0 bridgehead atoms. The summed E-state index contributed by atoms with van der Waals surface area (Å²) in [6.07, 6.45) is 0.00333. The van der Waals surface area contributed by atoms with Crippen molar-refractivity contribution < 1.29 is 9.90 Å². The highest BCUT2D eigenvalue weighted by Gasteiger charge is 2.10. The number of carbonyl (C=O) groups excluding carboxylic acids is 1. The van der Waals surface area contributed by atoms with Crippen LogP contribution < -0.4 is 10.2 Å². The standard InChI is InChI=1S/C16H20N2O2S/c1-18(2)13-7-5-12(6-8-13)16(20)17-10-9-14(19)15-4-3-11-21-15/h3-8,11,14,19H,9-10H2,1-2H3,(H,17,20)/t14-/m1/s1. The van der Waals surface area contributed by atoms with Crippen LogP contribution in [0.4, 0.5) is 5.69 Å². The Morgan fingerprint density at radius 3 is 2.57 bits per heavy atom. The molecule has 5 heteroatoms. The van der Waals surface area contributed by atoms with Crippen molar-refractivity contribution in [1.29, 1.82) is 0 Å². The zero-order chi connectivity index (χ0) is 15.2. The van der Waals surface area contributed by atoms with Crippen LogP contribution in [0.3, 0.4) is 0 Å². The van der Waals surface area contributed by atoms with Gasteiger partial charge in [0.25, 0.3) is 5.91 Å². The molecule has 1 heterocycles. The molecule has 1 atom stereocenters. The van der Waals surface area contributed by atoms with Crippen molar-refractivity contribution >= 4 is 22.9 Å². The molecule has 0 unspecified atom stereocenters. The number of nitrogens with zero attached hydrogens (tertiary/aromatic N) is 1. The first-order valence-corrected chi connectivity index (χ1v) is 7.73. The van der Waals surface area contributed by atoms with Gasteiger partial charge in [0.15, 0.2) is 0 Å². The molecule has 0 spiro atoms. The van der Waals surface area contributed by atoms with Gasteiger partial charge >= 0.3 is 0 Å². The van der Waals surface area contributed by atoms with Crippen LogP contribution in [0.5, 0.6) is 0 Å². The second-order valence-electron chi connectivity index (χ2n) is 5.02. The molecule has 1 aromatic carbocycles. The maximum atomic E-state index is 12.0. The van der Waals surface area contributed by atoms with Gasteiger partial charge in [0.05, 0.1) is 6.10 Å². The summed E-state index contributed by atoms with van der Waals surface area (Å²) in [4.78, 5) is 14.9. The molecule has 0 aliphatic heterocycles.